The number of amidine groups is 1. The van der Waals surface area contributed by atoms with Crippen molar-refractivity contribution in [2.24, 2.45) is 4.99 Å². The van der Waals surface area contributed by atoms with E-state index in [1.54, 1.807) is 6.26 Å². The summed E-state index contributed by atoms with van der Waals surface area (Å²) < 4.78 is 8.31. The van der Waals surface area contributed by atoms with Crippen molar-refractivity contribution >= 4 is 38.6 Å². The topological polar surface area (TPSA) is 36.4 Å². The van der Waals surface area contributed by atoms with E-state index in [1.807, 2.05) is 6.07 Å². The lowest BCUT2D eigenvalue weighted by Gasteiger charge is -2.12. The fourth-order valence-electron chi connectivity index (χ4n) is 7.24. The first-order valence-electron chi connectivity index (χ1n) is 15.7. The van der Waals surface area contributed by atoms with Crippen molar-refractivity contribution in [2.45, 2.75) is 12.3 Å². The molecular formula is C41H28N4O. The summed E-state index contributed by atoms with van der Waals surface area (Å²) in [5.41, 5.74) is 10.3. The van der Waals surface area contributed by atoms with Crippen molar-refractivity contribution in [2.75, 3.05) is 0 Å². The molecule has 0 bridgehead atoms. The molecule has 0 aliphatic carbocycles. The van der Waals surface area contributed by atoms with Gasteiger partial charge in [0, 0.05) is 22.0 Å². The van der Waals surface area contributed by atoms with E-state index in [9.17, 15) is 0 Å². The average molecular weight is 593 g/mol. The summed E-state index contributed by atoms with van der Waals surface area (Å²) in [4.78, 5) is 5.27. The highest BCUT2D eigenvalue weighted by molar-refractivity contribution is 6.19. The SMILES string of the molecule is c1ccc(-c2ccc(C3N4C(c5ccc(-n6c7ccccc7c7c8occc8ccc76)cc5)=NC(c5ccccc5)N34)cc2)cc1. The third-order valence-electron chi connectivity index (χ3n) is 9.44. The van der Waals surface area contributed by atoms with Crippen LogP contribution in [-0.2, 0) is 0 Å². The molecule has 2 aliphatic rings. The molecule has 3 atom stereocenters. The third-order valence-corrected chi connectivity index (χ3v) is 9.44. The number of benzene rings is 6. The highest BCUT2D eigenvalue weighted by Crippen LogP contribution is 2.54. The number of hydrogen-bond acceptors (Lipinski definition) is 4. The zero-order valence-corrected chi connectivity index (χ0v) is 24.9. The summed E-state index contributed by atoms with van der Waals surface area (Å²) in [6.07, 6.45) is 1.84. The minimum atomic E-state index is -0.0669. The first-order chi connectivity index (χ1) is 22.8. The third kappa shape index (κ3) is 3.76. The van der Waals surface area contributed by atoms with Gasteiger partial charge in [0.1, 0.15) is 23.8 Å². The fourth-order valence-corrected chi connectivity index (χ4v) is 7.24. The number of para-hydroxylation sites is 1. The van der Waals surface area contributed by atoms with Gasteiger partial charge in [-0.2, -0.15) is 5.01 Å². The smallest absolute Gasteiger partial charge is 0.150 e. The van der Waals surface area contributed by atoms with Crippen LogP contribution in [0.25, 0.3) is 49.6 Å². The van der Waals surface area contributed by atoms with Gasteiger partial charge in [0.2, 0.25) is 0 Å². The molecule has 6 aromatic carbocycles. The Bertz CT molecular complexity index is 2420. The molecule has 0 saturated carbocycles. The Kier molecular flexibility index (Phi) is 5.41. The second-order valence-electron chi connectivity index (χ2n) is 12.0. The quantitative estimate of drug-likeness (QED) is 0.187. The number of nitrogens with zero attached hydrogens (tertiary/aromatic N) is 4. The minimum Gasteiger partial charge on any atom is -0.464 e. The first-order valence-corrected chi connectivity index (χ1v) is 15.7. The van der Waals surface area contributed by atoms with E-state index in [0.29, 0.717) is 0 Å². The van der Waals surface area contributed by atoms with Crippen molar-refractivity contribution in [3.63, 3.8) is 0 Å². The molecule has 10 rings (SSSR count). The molecule has 3 unspecified atom stereocenters. The van der Waals surface area contributed by atoms with Gasteiger partial charge >= 0.3 is 0 Å². The van der Waals surface area contributed by atoms with Crippen LogP contribution in [0.5, 0.6) is 0 Å². The van der Waals surface area contributed by atoms with Gasteiger partial charge in [0.25, 0.3) is 0 Å². The number of hydrogen-bond donors (Lipinski definition) is 0. The fraction of sp³-hybridized carbons (Fsp3) is 0.0488. The summed E-state index contributed by atoms with van der Waals surface area (Å²) in [7, 11) is 0. The molecular weight excluding hydrogens is 564 g/mol. The number of rotatable bonds is 5. The molecule has 0 radical (unpaired) electrons. The maximum Gasteiger partial charge on any atom is 0.150 e. The maximum atomic E-state index is 5.97. The largest absolute Gasteiger partial charge is 0.464 e. The van der Waals surface area contributed by atoms with Gasteiger partial charge in [0.05, 0.1) is 22.7 Å². The number of furan rings is 1. The summed E-state index contributed by atoms with van der Waals surface area (Å²) in [5, 5.41) is 8.18. The van der Waals surface area contributed by atoms with Crippen molar-refractivity contribution in [3.05, 3.63) is 175 Å². The van der Waals surface area contributed by atoms with Crippen LogP contribution in [0.1, 0.15) is 29.0 Å². The molecule has 8 aromatic rings. The highest BCUT2D eigenvalue weighted by Gasteiger charge is 2.57. The number of hydrazine groups is 1. The van der Waals surface area contributed by atoms with Gasteiger partial charge in [-0.25, -0.2) is 4.99 Å². The van der Waals surface area contributed by atoms with Gasteiger partial charge < -0.3 is 8.98 Å². The van der Waals surface area contributed by atoms with Gasteiger partial charge in [-0.1, -0.05) is 103 Å². The van der Waals surface area contributed by atoms with Crippen molar-refractivity contribution in [3.8, 4) is 16.8 Å². The predicted octanol–water partition coefficient (Wildman–Crippen LogP) is 9.89. The van der Waals surface area contributed by atoms with Crippen LogP contribution in [0, 0.1) is 0 Å². The van der Waals surface area contributed by atoms with Crippen LogP contribution in [0.4, 0.5) is 0 Å². The van der Waals surface area contributed by atoms with Gasteiger partial charge in [-0.05, 0) is 70.8 Å². The molecule has 5 heteroatoms. The molecule has 0 amide bonds. The van der Waals surface area contributed by atoms with Crippen molar-refractivity contribution in [1.29, 1.82) is 0 Å². The van der Waals surface area contributed by atoms with E-state index in [4.69, 9.17) is 9.41 Å². The molecule has 2 aliphatic heterocycles. The molecule has 5 nitrogen and oxygen atoms in total. The van der Waals surface area contributed by atoms with Crippen LogP contribution < -0.4 is 0 Å². The summed E-state index contributed by atoms with van der Waals surface area (Å²) in [5.74, 6) is 0.997. The summed E-state index contributed by atoms with van der Waals surface area (Å²) >= 11 is 0. The lowest BCUT2D eigenvalue weighted by molar-refractivity contribution is 0.341. The zero-order chi connectivity index (χ0) is 30.2. The number of aromatic nitrogens is 1. The summed E-state index contributed by atoms with van der Waals surface area (Å²) in [6, 6.07) is 53.9. The van der Waals surface area contributed by atoms with Crippen LogP contribution in [0.15, 0.2) is 167 Å². The van der Waals surface area contributed by atoms with Gasteiger partial charge in [-0.3, -0.25) is 5.01 Å². The van der Waals surface area contributed by atoms with E-state index in [0.717, 1.165) is 44.5 Å². The number of aliphatic imine (C=N–C) groups is 1. The predicted molar refractivity (Wildman–Crippen MR) is 185 cm³/mol. The van der Waals surface area contributed by atoms with Crippen LogP contribution in [-0.4, -0.2) is 20.4 Å². The van der Waals surface area contributed by atoms with Gasteiger partial charge in [0.15, 0.2) is 0 Å². The standard InChI is InChI=1S/C41H28N4O/c1-3-9-27(10-4-1)28-15-17-32(18-16-28)41-44-39(30-11-5-2-6-12-30)42-40(45(41)44)31-19-22-33(23-20-31)43-35-14-8-7-13-34(35)37-36(43)24-21-29-25-26-46-38(29)37/h1-26,39,41H. The molecule has 2 aromatic heterocycles. The normalized spacial score (nSPS) is 18.7. The van der Waals surface area contributed by atoms with E-state index in [2.05, 4.69) is 160 Å². The molecule has 1 fully saturated rings. The van der Waals surface area contributed by atoms with Crippen molar-refractivity contribution < 1.29 is 4.42 Å². The van der Waals surface area contributed by atoms with Gasteiger partial charge in [-0.15, -0.1) is 0 Å². The monoisotopic (exact) mass is 592 g/mol. The minimum absolute atomic E-state index is 0.0669. The van der Waals surface area contributed by atoms with E-state index >= 15 is 0 Å². The molecule has 4 heterocycles. The molecule has 0 N–H and O–H groups in total. The van der Waals surface area contributed by atoms with Crippen LogP contribution >= 0.6 is 0 Å². The van der Waals surface area contributed by atoms with Crippen molar-refractivity contribution in [1.82, 2.24) is 14.6 Å². The molecule has 46 heavy (non-hydrogen) atoms. The Morgan fingerprint density at radius 3 is 2.04 bits per heavy atom. The van der Waals surface area contributed by atoms with E-state index < -0.39 is 0 Å². The molecule has 0 spiro atoms. The lowest BCUT2D eigenvalue weighted by Crippen LogP contribution is -2.11. The Morgan fingerprint density at radius 2 is 1.24 bits per heavy atom. The van der Waals surface area contributed by atoms with Crippen LogP contribution in [0.2, 0.25) is 0 Å². The maximum absolute atomic E-state index is 5.97. The molecule has 1 saturated heterocycles. The second kappa shape index (κ2) is 9.80. The lowest BCUT2D eigenvalue weighted by atomic mass is 10.0. The van der Waals surface area contributed by atoms with Crippen LogP contribution in [0.3, 0.4) is 0 Å². The Morgan fingerprint density at radius 1 is 0.543 bits per heavy atom. The highest BCUT2D eigenvalue weighted by atomic mass is 16.3. The number of fused-ring (bicyclic) bond motifs is 6. The average Bonchev–Trinajstić information content (AvgIpc) is 3.41. The first kappa shape index (κ1) is 25.4. The van der Waals surface area contributed by atoms with E-state index in [1.165, 1.54) is 27.6 Å². The summed E-state index contributed by atoms with van der Waals surface area (Å²) in [6.45, 7) is 0. The Hall–Kier alpha value is -5.91. The zero-order valence-electron chi connectivity index (χ0n) is 24.9. The second-order valence-corrected chi connectivity index (χ2v) is 12.0. The Balaban J connectivity index is 1.04. The van der Waals surface area contributed by atoms with E-state index in [-0.39, 0.29) is 12.3 Å². The molecule has 218 valence electrons. The Labute approximate surface area is 265 Å².